The summed E-state index contributed by atoms with van der Waals surface area (Å²) in [4.78, 5) is 2.46. The number of benzene rings is 1. The van der Waals surface area contributed by atoms with E-state index in [0.29, 0.717) is 18.4 Å². The third-order valence-electron chi connectivity index (χ3n) is 5.43. The molecule has 23 heavy (non-hydrogen) atoms. The lowest BCUT2D eigenvalue weighted by Gasteiger charge is -2.30. The molecule has 2 atom stereocenters. The van der Waals surface area contributed by atoms with E-state index < -0.39 is 0 Å². The maximum atomic E-state index is 9.51. The van der Waals surface area contributed by atoms with E-state index in [1.54, 1.807) is 0 Å². The van der Waals surface area contributed by atoms with E-state index in [1.807, 2.05) is 0 Å². The zero-order valence-electron chi connectivity index (χ0n) is 14.9. The van der Waals surface area contributed by atoms with Crippen molar-refractivity contribution in [3.8, 4) is 0 Å². The number of likely N-dealkylation sites (N-methyl/N-ethyl adjacent to an activating group) is 1. The summed E-state index contributed by atoms with van der Waals surface area (Å²) in [6.45, 7) is 9.18. The summed E-state index contributed by atoms with van der Waals surface area (Å²) in [6.07, 6.45) is 6.15. The van der Waals surface area contributed by atoms with Crippen LogP contribution >= 0.6 is 0 Å². The SMILES string of the molecule is CCN(CC)CCc1ccc(NCC2CCCCC2CO)cc1. The normalized spacial score (nSPS) is 21.6. The number of aliphatic hydroxyl groups excluding tert-OH is 1. The third kappa shape index (κ3) is 5.82. The number of anilines is 1. The highest BCUT2D eigenvalue weighted by Crippen LogP contribution is 2.29. The van der Waals surface area contributed by atoms with E-state index in [0.717, 1.165) is 32.6 Å². The summed E-state index contributed by atoms with van der Waals surface area (Å²) in [5.41, 5.74) is 2.62. The van der Waals surface area contributed by atoms with Crippen molar-refractivity contribution in [2.24, 2.45) is 11.8 Å². The van der Waals surface area contributed by atoms with Gasteiger partial charge in [-0.2, -0.15) is 0 Å². The minimum Gasteiger partial charge on any atom is -0.396 e. The van der Waals surface area contributed by atoms with Crippen LogP contribution < -0.4 is 5.32 Å². The average molecular weight is 319 g/mol. The molecule has 3 nitrogen and oxygen atoms in total. The van der Waals surface area contributed by atoms with Crippen LogP contribution in [-0.2, 0) is 6.42 Å². The zero-order valence-corrected chi connectivity index (χ0v) is 14.9. The van der Waals surface area contributed by atoms with E-state index in [9.17, 15) is 5.11 Å². The Bertz CT molecular complexity index is 428. The second kappa shape index (κ2) is 9.94. The van der Waals surface area contributed by atoms with E-state index in [4.69, 9.17) is 0 Å². The fraction of sp³-hybridized carbons (Fsp3) is 0.700. The lowest BCUT2D eigenvalue weighted by molar-refractivity contribution is 0.141. The maximum absolute atomic E-state index is 9.51. The van der Waals surface area contributed by atoms with Crippen LogP contribution in [-0.4, -0.2) is 42.8 Å². The van der Waals surface area contributed by atoms with E-state index in [-0.39, 0.29) is 0 Å². The van der Waals surface area contributed by atoms with Gasteiger partial charge < -0.3 is 15.3 Å². The highest BCUT2D eigenvalue weighted by Gasteiger charge is 2.23. The number of nitrogens with one attached hydrogen (secondary N) is 1. The van der Waals surface area contributed by atoms with Gasteiger partial charge in [0, 0.05) is 25.4 Å². The van der Waals surface area contributed by atoms with Crippen LogP contribution in [0.3, 0.4) is 0 Å². The minimum absolute atomic E-state index is 0.344. The standard InChI is InChI=1S/C20H34N2O/c1-3-22(4-2)14-13-17-9-11-20(12-10-17)21-15-18-7-5-6-8-19(18)16-23/h9-12,18-19,21,23H,3-8,13-16H2,1-2H3. The molecule has 0 saturated heterocycles. The molecule has 0 bridgehead atoms. The topological polar surface area (TPSA) is 35.5 Å². The third-order valence-corrected chi connectivity index (χ3v) is 5.43. The monoisotopic (exact) mass is 318 g/mol. The molecule has 1 aromatic carbocycles. The fourth-order valence-electron chi connectivity index (χ4n) is 3.66. The van der Waals surface area contributed by atoms with Gasteiger partial charge in [-0.05, 0) is 61.9 Å². The molecule has 1 aliphatic carbocycles. The first-order valence-electron chi connectivity index (χ1n) is 9.42. The molecular formula is C20H34N2O. The summed E-state index contributed by atoms with van der Waals surface area (Å²) in [7, 11) is 0. The first kappa shape index (κ1) is 18.3. The molecule has 130 valence electrons. The van der Waals surface area contributed by atoms with E-state index in [1.165, 1.54) is 36.9 Å². The summed E-state index contributed by atoms with van der Waals surface area (Å²) in [6, 6.07) is 8.90. The lowest BCUT2D eigenvalue weighted by Crippen LogP contribution is -2.28. The Morgan fingerprint density at radius 2 is 1.70 bits per heavy atom. The highest BCUT2D eigenvalue weighted by atomic mass is 16.3. The van der Waals surface area contributed by atoms with Crippen LogP contribution in [0, 0.1) is 11.8 Å². The molecular weight excluding hydrogens is 284 g/mol. The van der Waals surface area contributed by atoms with Crippen LogP contribution in [0.2, 0.25) is 0 Å². The maximum Gasteiger partial charge on any atom is 0.0462 e. The van der Waals surface area contributed by atoms with Gasteiger partial charge in [0.15, 0.2) is 0 Å². The predicted molar refractivity (Wildman–Crippen MR) is 99.0 cm³/mol. The molecule has 0 heterocycles. The highest BCUT2D eigenvalue weighted by molar-refractivity contribution is 5.44. The Labute approximate surface area is 142 Å². The van der Waals surface area contributed by atoms with Crippen LogP contribution in [0.1, 0.15) is 45.1 Å². The molecule has 2 rings (SSSR count). The van der Waals surface area contributed by atoms with Crippen LogP contribution in [0.25, 0.3) is 0 Å². The summed E-state index contributed by atoms with van der Waals surface area (Å²) < 4.78 is 0. The number of rotatable bonds is 9. The zero-order chi connectivity index (χ0) is 16.5. The molecule has 1 saturated carbocycles. The Morgan fingerprint density at radius 3 is 2.30 bits per heavy atom. The molecule has 3 heteroatoms. The molecule has 0 aliphatic heterocycles. The van der Waals surface area contributed by atoms with Crippen molar-refractivity contribution in [2.75, 3.05) is 38.1 Å². The van der Waals surface area contributed by atoms with E-state index in [2.05, 4.69) is 48.3 Å². The second-order valence-corrected chi connectivity index (χ2v) is 6.84. The van der Waals surface area contributed by atoms with Gasteiger partial charge >= 0.3 is 0 Å². The number of hydrogen-bond donors (Lipinski definition) is 2. The molecule has 0 radical (unpaired) electrons. The molecule has 1 fully saturated rings. The minimum atomic E-state index is 0.344. The molecule has 2 unspecified atom stereocenters. The van der Waals surface area contributed by atoms with Crippen molar-refractivity contribution >= 4 is 5.69 Å². The predicted octanol–water partition coefficient (Wildman–Crippen LogP) is 3.78. The van der Waals surface area contributed by atoms with Gasteiger partial charge in [0.25, 0.3) is 0 Å². The summed E-state index contributed by atoms with van der Waals surface area (Å²) >= 11 is 0. The number of aliphatic hydroxyl groups is 1. The van der Waals surface area contributed by atoms with Gasteiger partial charge in [-0.3, -0.25) is 0 Å². The molecule has 0 amide bonds. The van der Waals surface area contributed by atoms with Crippen molar-refractivity contribution in [1.82, 2.24) is 4.90 Å². The Balaban J connectivity index is 1.78. The van der Waals surface area contributed by atoms with Gasteiger partial charge in [-0.15, -0.1) is 0 Å². The van der Waals surface area contributed by atoms with Gasteiger partial charge in [0.2, 0.25) is 0 Å². The van der Waals surface area contributed by atoms with Gasteiger partial charge in [0.1, 0.15) is 0 Å². The Kier molecular flexibility index (Phi) is 7.90. The quantitative estimate of drug-likeness (QED) is 0.727. The smallest absolute Gasteiger partial charge is 0.0462 e. The van der Waals surface area contributed by atoms with Crippen molar-refractivity contribution in [3.63, 3.8) is 0 Å². The van der Waals surface area contributed by atoms with Crippen molar-refractivity contribution in [3.05, 3.63) is 29.8 Å². The van der Waals surface area contributed by atoms with Crippen molar-refractivity contribution in [2.45, 2.75) is 46.0 Å². The Morgan fingerprint density at radius 1 is 1.04 bits per heavy atom. The molecule has 1 aromatic rings. The van der Waals surface area contributed by atoms with Gasteiger partial charge in [0.05, 0.1) is 0 Å². The van der Waals surface area contributed by atoms with Gasteiger partial charge in [-0.25, -0.2) is 0 Å². The second-order valence-electron chi connectivity index (χ2n) is 6.84. The largest absolute Gasteiger partial charge is 0.396 e. The molecule has 2 N–H and O–H groups in total. The van der Waals surface area contributed by atoms with Crippen molar-refractivity contribution in [1.29, 1.82) is 0 Å². The van der Waals surface area contributed by atoms with Gasteiger partial charge in [-0.1, -0.05) is 38.8 Å². The fourth-order valence-corrected chi connectivity index (χ4v) is 3.66. The Hall–Kier alpha value is -1.06. The lowest BCUT2D eigenvalue weighted by atomic mass is 9.79. The average Bonchev–Trinajstić information content (AvgIpc) is 2.62. The van der Waals surface area contributed by atoms with E-state index >= 15 is 0 Å². The summed E-state index contributed by atoms with van der Waals surface area (Å²) in [5, 5.41) is 13.1. The first-order valence-corrected chi connectivity index (χ1v) is 9.42. The molecule has 1 aliphatic rings. The first-order chi connectivity index (χ1) is 11.3. The summed E-state index contributed by atoms with van der Waals surface area (Å²) in [5.74, 6) is 1.11. The molecule has 0 spiro atoms. The van der Waals surface area contributed by atoms with Crippen LogP contribution in [0.4, 0.5) is 5.69 Å². The molecule has 0 aromatic heterocycles. The van der Waals surface area contributed by atoms with Crippen LogP contribution in [0.15, 0.2) is 24.3 Å². The number of nitrogens with zero attached hydrogens (tertiary/aromatic N) is 1. The number of hydrogen-bond acceptors (Lipinski definition) is 3. The van der Waals surface area contributed by atoms with Crippen LogP contribution in [0.5, 0.6) is 0 Å². The van der Waals surface area contributed by atoms with Crippen molar-refractivity contribution < 1.29 is 5.11 Å².